The van der Waals surface area contributed by atoms with E-state index in [9.17, 15) is 4.57 Å². The molecule has 0 saturated carbocycles. The van der Waals surface area contributed by atoms with Gasteiger partial charge in [0.05, 0.1) is 6.61 Å². The van der Waals surface area contributed by atoms with E-state index < -0.39 is 24.0 Å². The van der Waals surface area contributed by atoms with Gasteiger partial charge in [-0.1, -0.05) is 33.0 Å². The first-order valence-electron chi connectivity index (χ1n) is 10.2. The Hall–Kier alpha value is 0.224. The second-order valence-electron chi connectivity index (χ2n) is 8.95. The minimum atomic E-state index is -3.77. The predicted octanol–water partition coefficient (Wildman–Crippen LogP) is 5.39. The van der Waals surface area contributed by atoms with Gasteiger partial charge in [0, 0.05) is 21.3 Å². The Kier molecular flexibility index (Phi) is 16.9. The van der Waals surface area contributed by atoms with Crippen LogP contribution in [-0.4, -0.2) is 47.8 Å². The number of ether oxygens (including phenoxy) is 1. The van der Waals surface area contributed by atoms with Crippen molar-refractivity contribution in [1.29, 1.82) is 0 Å². The SMILES string of the molecule is CCCCOP(=O)(COCCCC(CO[Si](C)(C)C)[Si](C)(C)C)OOOOOOOO. The number of hydrogen-bond acceptors (Lipinski definition) is 12. The van der Waals surface area contributed by atoms with Crippen LogP contribution >= 0.6 is 7.60 Å². The lowest BCUT2D eigenvalue weighted by Gasteiger charge is -2.31. The van der Waals surface area contributed by atoms with E-state index in [1.807, 2.05) is 6.92 Å². The van der Waals surface area contributed by atoms with Crippen LogP contribution in [0.5, 0.6) is 0 Å². The second-order valence-corrected chi connectivity index (χ2v) is 20.9. The first-order valence-corrected chi connectivity index (χ1v) is 18.9. The highest BCUT2D eigenvalue weighted by molar-refractivity contribution is 7.53. The van der Waals surface area contributed by atoms with Gasteiger partial charge >= 0.3 is 7.60 Å². The van der Waals surface area contributed by atoms with Crippen LogP contribution < -0.4 is 0 Å². The molecule has 188 valence electrons. The predicted molar refractivity (Wildman–Crippen MR) is 115 cm³/mol. The molecule has 2 unspecified atom stereocenters. The van der Waals surface area contributed by atoms with Crippen molar-refractivity contribution in [1.82, 2.24) is 0 Å². The summed E-state index contributed by atoms with van der Waals surface area (Å²) in [6, 6.07) is 0. The summed E-state index contributed by atoms with van der Waals surface area (Å²) in [6.45, 7) is 16.8. The molecule has 0 fully saturated rings. The molecule has 0 saturated heterocycles. The van der Waals surface area contributed by atoms with Crippen molar-refractivity contribution in [2.24, 2.45) is 0 Å². The van der Waals surface area contributed by atoms with Gasteiger partial charge in [0.1, 0.15) is 0 Å². The lowest BCUT2D eigenvalue weighted by atomic mass is 10.2. The van der Waals surface area contributed by atoms with Gasteiger partial charge in [-0.25, -0.2) is 5.26 Å². The average Bonchev–Trinajstić information content (AvgIpc) is 2.65. The molecule has 0 aromatic rings. The first kappa shape index (κ1) is 31.2. The molecule has 0 heterocycles. The highest BCUT2D eigenvalue weighted by atomic mass is 31.2. The summed E-state index contributed by atoms with van der Waals surface area (Å²) in [5, 5.41) is 29.8. The van der Waals surface area contributed by atoms with Gasteiger partial charge in [-0.2, -0.15) is 0 Å². The maximum atomic E-state index is 12.7. The van der Waals surface area contributed by atoms with Gasteiger partial charge in [0.25, 0.3) is 0 Å². The maximum absolute atomic E-state index is 12.7. The Morgan fingerprint density at radius 2 is 1.55 bits per heavy atom. The third-order valence-electron chi connectivity index (χ3n) is 4.10. The minimum Gasteiger partial charge on any atom is -0.418 e. The minimum absolute atomic E-state index is 0.186. The fraction of sp³-hybridized carbons (Fsp3) is 1.00. The van der Waals surface area contributed by atoms with Crippen LogP contribution in [0.2, 0.25) is 44.8 Å². The van der Waals surface area contributed by atoms with Crippen molar-refractivity contribution >= 4 is 24.0 Å². The molecule has 12 nitrogen and oxygen atoms in total. The molecular formula is C16H39O12PSi2. The van der Waals surface area contributed by atoms with Crippen molar-refractivity contribution in [3.8, 4) is 0 Å². The third kappa shape index (κ3) is 18.3. The molecule has 0 aliphatic carbocycles. The summed E-state index contributed by atoms with van der Waals surface area (Å²) in [7, 11) is -6.74. The normalized spacial score (nSPS) is 15.7. The highest BCUT2D eigenvalue weighted by Crippen LogP contribution is 2.48. The van der Waals surface area contributed by atoms with E-state index >= 15 is 0 Å². The lowest BCUT2D eigenvalue weighted by molar-refractivity contribution is -0.806. The van der Waals surface area contributed by atoms with Gasteiger partial charge < -0.3 is 13.7 Å². The smallest absolute Gasteiger partial charge is 0.386 e. The monoisotopic (exact) mass is 510 g/mol. The topological polar surface area (TPSA) is 130 Å². The van der Waals surface area contributed by atoms with Crippen LogP contribution in [0.15, 0.2) is 0 Å². The molecule has 0 aromatic heterocycles. The van der Waals surface area contributed by atoms with E-state index in [4.69, 9.17) is 18.9 Å². The van der Waals surface area contributed by atoms with Gasteiger partial charge in [0.15, 0.2) is 14.7 Å². The molecule has 1 N–H and O–H groups in total. The Morgan fingerprint density at radius 3 is 2.13 bits per heavy atom. The fourth-order valence-electron chi connectivity index (χ4n) is 2.26. The van der Waals surface area contributed by atoms with Crippen LogP contribution in [-0.2, 0) is 53.2 Å². The van der Waals surface area contributed by atoms with E-state index in [1.165, 1.54) is 0 Å². The molecule has 31 heavy (non-hydrogen) atoms. The van der Waals surface area contributed by atoms with Gasteiger partial charge in [0.2, 0.25) is 0 Å². The first-order chi connectivity index (χ1) is 14.4. The maximum Gasteiger partial charge on any atom is 0.386 e. The van der Waals surface area contributed by atoms with E-state index in [2.05, 4.69) is 74.2 Å². The summed E-state index contributed by atoms with van der Waals surface area (Å²) in [5.41, 5.74) is 0.505. The quantitative estimate of drug-likeness (QED) is 0.0698. The molecule has 0 aromatic carbocycles. The lowest BCUT2D eigenvalue weighted by Crippen LogP contribution is -2.36. The third-order valence-corrected chi connectivity index (χ3v) is 9.40. The van der Waals surface area contributed by atoms with Crippen LogP contribution in [0, 0.1) is 0 Å². The molecule has 0 bridgehead atoms. The number of hydrogen-bond donors (Lipinski definition) is 1. The molecule has 2 atom stereocenters. The molecule has 0 aliphatic heterocycles. The largest absolute Gasteiger partial charge is 0.418 e. The molecule has 0 rings (SSSR count). The van der Waals surface area contributed by atoms with Crippen molar-refractivity contribution in [2.75, 3.05) is 26.2 Å². The number of unbranched alkanes of at least 4 members (excludes halogenated alkanes) is 1. The van der Waals surface area contributed by atoms with Gasteiger partial charge in [-0.15, -0.1) is 4.67 Å². The van der Waals surface area contributed by atoms with E-state index in [0.717, 1.165) is 25.9 Å². The second kappa shape index (κ2) is 16.8. The molecule has 0 amide bonds. The van der Waals surface area contributed by atoms with Crippen molar-refractivity contribution in [3.63, 3.8) is 0 Å². The Balaban J connectivity index is 4.41. The molecule has 0 radical (unpaired) electrons. The van der Waals surface area contributed by atoms with Crippen LogP contribution in [0.3, 0.4) is 0 Å². The Labute approximate surface area is 186 Å². The fourth-order valence-corrected chi connectivity index (χ4v) is 5.82. The van der Waals surface area contributed by atoms with Gasteiger partial charge in [-0.05, 0) is 74.7 Å². The summed E-state index contributed by atoms with van der Waals surface area (Å²) in [6.07, 6.45) is 2.92. The summed E-state index contributed by atoms with van der Waals surface area (Å²) in [5.74, 6) is 0. The summed E-state index contributed by atoms with van der Waals surface area (Å²) in [4.78, 5) is 0. The zero-order valence-corrected chi connectivity index (χ0v) is 22.5. The van der Waals surface area contributed by atoms with Crippen molar-refractivity contribution in [3.05, 3.63) is 0 Å². The molecule has 0 spiro atoms. The molecular weight excluding hydrogens is 471 g/mol. The zero-order chi connectivity index (χ0) is 23.8. The van der Waals surface area contributed by atoms with E-state index in [-0.39, 0.29) is 13.0 Å². The number of rotatable bonds is 21. The van der Waals surface area contributed by atoms with Crippen LogP contribution in [0.25, 0.3) is 0 Å². The van der Waals surface area contributed by atoms with E-state index in [0.29, 0.717) is 18.6 Å². The van der Waals surface area contributed by atoms with Crippen LogP contribution in [0.1, 0.15) is 32.6 Å². The molecule has 15 heteroatoms. The van der Waals surface area contributed by atoms with Crippen LogP contribution in [0.4, 0.5) is 0 Å². The van der Waals surface area contributed by atoms with Crippen molar-refractivity contribution < 1.29 is 58.4 Å². The standard InChI is InChI=1S/C16H39O12PSi2/c1-8-9-13-20-29(18,28-27-26-25-24-23-22-17)15-19-12-10-11-16(30(2,3)4)14-21-31(5,6)7/h16-17H,8-15H2,1-7H3. The van der Waals surface area contributed by atoms with Crippen molar-refractivity contribution in [2.45, 2.75) is 77.4 Å². The Morgan fingerprint density at radius 1 is 0.903 bits per heavy atom. The van der Waals surface area contributed by atoms with E-state index in [1.54, 1.807) is 0 Å². The average molecular weight is 511 g/mol. The summed E-state index contributed by atoms with van der Waals surface area (Å²) >= 11 is 0. The zero-order valence-electron chi connectivity index (χ0n) is 19.6. The van der Waals surface area contributed by atoms with Gasteiger partial charge in [-0.3, -0.25) is 4.57 Å². The highest BCUT2D eigenvalue weighted by Gasteiger charge is 2.30. The Bertz CT molecular complexity index is 486. The molecule has 0 aliphatic rings. The summed E-state index contributed by atoms with van der Waals surface area (Å²) < 4.78 is 34.2.